The largest absolute Gasteiger partial charge is 0.378 e. The molecule has 1 saturated heterocycles. The summed E-state index contributed by atoms with van der Waals surface area (Å²) in [6.45, 7) is 5.37. The van der Waals surface area contributed by atoms with E-state index >= 15 is 0 Å². The number of hydrogen-bond donors (Lipinski definition) is 1. The van der Waals surface area contributed by atoms with Gasteiger partial charge >= 0.3 is 0 Å². The van der Waals surface area contributed by atoms with Crippen molar-refractivity contribution in [3.8, 4) is 0 Å². The topological polar surface area (TPSA) is 21.3 Å². The van der Waals surface area contributed by atoms with Crippen molar-refractivity contribution in [3.05, 3.63) is 22.4 Å². The molecule has 1 aromatic rings. The second-order valence-electron chi connectivity index (χ2n) is 4.45. The molecule has 2 rings (SSSR count). The van der Waals surface area contributed by atoms with E-state index < -0.39 is 0 Å². The summed E-state index contributed by atoms with van der Waals surface area (Å²) in [6.07, 6.45) is 4.02. The van der Waals surface area contributed by atoms with Gasteiger partial charge in [-0.25, -0.2) is 0 Å². The number of thiophene rings is 1. The number of rotatable bonds is 6. The Bertz CT molecular complexity index is 286. The molecule has 1 N–H and O–H groups in total. The molecule has 0 amide bonds. The Morgan fingerprint density at radius 2 is 2.50 bits per heavy atom. The Morgan fingerprint density at radius 3 is 3.25 bits per heavy atom. The van der Waals surface area contributed by atoms with E-state index in [1.54, 1.807) is 11.3 Å². The highest BCUT2D eigenvalue weighted by Gasteiger charge is 2.25. The monoisotopic (exact) mass is 239 g/mol. The van der Waals surface area contributed by atoms with Gasteiger partial charge in [-0.1, -0.05) is 6.92 Å². The van der Waals surface area contributed by atoms with E-state index in [0.29, 0.717) is 6.10 Å². The van der Waals surface area contributed by atoms with E-state index in [1.165, 1.54) is 12.0 Å². The van der Waals surface area contributed by atoms with E-state index in [-0.39, 0.29) is 0 Å². The summed E-state index contributed by atoms with van der Waals surface area (Å²) in [7, 11) is 0. The molecule has 0 bridgehead atoms. The van der Waals surface area contributed by atoms with Crippen molar-refractivity contribution in [3.63, 3.8) is 0 Å². The Kier molecular flexibility index (Phi) is 4.82. The van der Waals surface area contributed by atoms with E-state index in [1.807, 2.05) is 0 Å². The predicted octanol–water partition coefficient (Wildman–Crippen LogP) is 2.70. The summed E-state index contributed by atoms with van der Waals surface area (Å²) < 4.78 is 5.68. The van der Waals surface area contributed by atoms with Crippen LogP contribution in [0.1, 0.15) is 25.3 Å². The standard InChI is InChI=1S/C13H21NOS/c1-2-13-12(4-7-15-13)9-14-6-3-11-5-8-16-10-11/h5,8,10,12-14H,2-4,6-7,9H2,1H3. The van der Waals surface area contributed by atoms with Crippen molar-refractivity contribution in [1.29, 1.82) is 0 Å². The third-order valence-electron chi connectivity index (χ3n) is 3.33. The first kappa shape index (κ1) is 12.1. The minimum Gasteiger partial charge on any atom is -0.378 e. The number of hydrogen-bond acceptors (Lipinski definition) is 3. The second-order valence-corrected chi connectivity index (χ2v) is 5.23. The molecule has 1 aliphatic rings. The van der Waals surface area contributed by atoms with Gasteiger partial charge in [0.15, 0.2) is 0 Å². The molecule has 1 fully saturated rings. The third-order valence-corrected chi connectivity index (χ3v) is 4.06. The Morgan fingerprint density at radius 1 is 1.56 bits per heavy atom. The fraction of sp³-hybridized carbons (Fsp3) is 0.692. The molecule has 2 unspecified atom stereocenters. The van der Waals surface area contributed by atoms with Crippen molar-refractivity contribution in [1.82, 2.24) is 5.32 Å². The van der Waals surface area contributed by atoms with Crippen molar-refractivity contribution < 1.29 is 4.74 Å². The zero-order chi connectivity index (χ0) is 11.2. The van der Waals surface area contributed by atoms with Gasteiger partial charge in [-0.05, 0) is 54.1 Å². The van der Waals surface area contributed by atoms with Crippen molar-refractivity contribution in [2.75, 3.05) is 19.7 Å². The fourth-order valence-electron chi connectivity index (χ4n) is 2.33. The molecular weight excluding hydrogens is 218 g/mol. The average Bonchev–Trinajstić information content (AvgIpc) is 2.95. The molecule has 90 valence electrons. The van der Waals surface area contributed by atoms with Gasteiger partial charge in [0.05, 0.1) is 6.10 Å². The highest BCUT2D eigenvalue weighted by Crippen LogP contribution is 2.22. The van der Waals surface area contributed by atoms with Crippen LogP contribution in [0.25, 0.3) is 0 Å². The van der Waals surface area contributed by atoms with Crippen LogP contribution in [-0.4, -0.2) is 25.8 Å². The molecule has 2 atom stereocenters. The quantitative estimate of drug-likeness (QED) is 0.771. The first-order valence-electron chi connectivity index (χ1n) is 6.23. The van der Waals surface area contributed by atoms with Crippen LogP contribution in [-0.2, 0) is 11.2 Å². The van der Waals surface area contributed by atoms with Crippen molar-refractivity contribution >= 4 is 11.3 Å². The number of nitrogens with one attached hydrogen (secondary N) is 1. The predicted molar refractivity (Wildman–Crippen MR) is 69.0 cm³/mol. The van der Waals surface area contributed by atoms with Gasteiger partial charge in [-0.2, -0.15) is 11.3 Å². The molecule has 0 aliphatic carbocycles. The molecule has 16 heavy (non-hydrogen) atoms. The zero-order valence-corrected chi connectivity index (χ0v) is 10.8. The lowest BCUT2D eigenvalue weighted by Crippen LogP contribution is -2.29. The summed E-state index contributed by atoms with van der Waals surface area (Å²) in [4.78, 5) is 0. The fourth-order valence-corrected chi connectivity index (χ4v) is 3.04. The van der Waals surface area contributed by atoms with Gasteiger partial charge in [0, 0.05) is 13.2 Å². The smallest absolute Gasteiger partial charge is 0.0613 e. The molecule has 0 aromatic carbocycles. The maximum absolute atomic E-state index is 5.68. The second kappa shape index (κ2) is 6.38. The lowest BCUT2D eigenvalue weighted by atomic mass is 10.00. The molecule has 2 nitrogen and oxygen atoms in total. The summed E-state index contributed by atoms with van der Waals surface area (Å²) >= 11 is 1.78. The average molecular weight is 239 g/mol. The maximum atomic E-state index is 5.68. The number of ether oxygens (including phenoxy) is 1. The zero-order valence-electron chi connectivity index (χ0n) is 9.95. The van der Waals surface area contributed by atoms with Crippen LogP contribution in [0, 0.1) is 5.92 Å². The third kappa shape index (κ3) is 3.30. The van der Waals surface area contributed by atoms with Crippen LogP contribution in [0.5, 0.6) is 0 Å². The molecule has 3 heteroatoms. The van der Waals surface area contributed by atoms with Crippen LogP contribution >= 0.6 is 11.3 Å². The highest BCUT2D eigenvalue weighted by atomic mass is 32.1. The molecule has 1 aliphatic heterocycles. The lowest BCUT2D eigenvalue weighted by molar-refractivity contribution is 0.0873. The van der Waals surface area contributed by atoms with Crippen LogP contribution in [0.2, 0.25) is 0 Å². The first-order chi connectivity index (χ1) is 7.90. The van der Waals surface area contributed by atoms with Gasteiger partial charge in [0.1, 0.15) is 0 Å². The summed E-state index contributed by atoms with van der Waals surface area (Å²) in [6, 6.07) is 2.21. The van der Waals surface area contributed by atoms with Crippen LogP contribution < -0.4 is 5.32 Å². The molecule has 0 spiro atoms. The summed E-state index contributed by atoms with van der Waals surface area (Å²) in [5, 5.41) is 7.93. The Hall–Kier alpha value is -0.380. The van der Waals surface area contributed by atoms with Crippen LogP contribution in [0.15, 0.2) is 16.8 Å². The minimum atomic E-state index is 0.494. The molecule has 0 saturated carbocycles. The minimum absolute atomic E-state index is 0.494. The van der Waals surface area contributed by atoms with E-state index in [4.69, 9.17) is 4.74 Å². The van der Waals surface area contributed by atoms with Gasteiger partial charge in [-0.3, -0.25) is 0 Å². The Balaban J connectivity index is 1.61. The van der Waals surface area contributed by atoms with Gasteiger partial charge < -0.3 is 10.1 Å². The van der Waals surface area contributed by atoms with Crippen LogP contribution in [0.3, 0.4) is 0 Å². The van der Waals surface area contributed by atoms with Crippen molar-refractivity contribution in [2.45, 2.75) is 32.3 Å². The van der Waals surface area contributed by atoms with Crippen molar-refractivity contribution in [2.24, 2.45) is 5.92 Å². The normalized spacial score (nSPS) is 25.1. The summed E-state index contributed by atoms with van der Waals surface area (Å²) in [5.41, 5.74) is 1.45. The molecule has 1 aromatic heterocycles. The van der Waals surface area contributed by atoms with E-state index in [2.05, 4.69) is 29.1 Å². The van der Waals surface area contributed by atoms with Gasteiger partial charge in [-0.15, -0.1) is 0 Å². The van der Waals surface area contributed by atoms with Gasteiger partial charge in [0.25, 0.3) is 0 Å². The molecular formula is C13H21NOS. The highest BCUT2D eigenvalue weighted by molar-refractivity contribution is 7.07. The molecule has 0 radical (unpaired) electrons. The first-order valence-corrected chi connectivity index (χ1v) is 7.18. The lowest BCUT2D eigenvalue weighted by Gasteiger charge is -2.17. The van der Waals surface area contributed by atoms with Crippen LogP contribution in [0.4, 0.5) is 0 Å². The maximum Gasteiger partial charge on any atom is 0.0613 e. The Labute approximate surface area is 102 Å². The van der Waals surface area contributed by atoms with Gasteiger partial charge in [0.2, 0.25) is 0 Å². The van der Waals surface area contributed by atoms with E-state index in [9.17, 15) is 0 Å². The SMILES string of the molecule is CCC1OCCC1CNCCc1ccsc1. The molecule has 2 heterocycles. The summed E-state index contributed by atoms with van der Waals surface area (Å²) in [5.74, 6) is 0.729. The van der Waals surface area contributed by atoms with E-state index in [0.717, 1.165) is 38.5 Å².